The van der Waals surface area contributed by atoms with Crippen LogP contribution in [0.4, 0.5) is 11.5 Å². The molecule has 0 atom stereocenters. The van der Waals surface area contributed by atoms with Crippen LogP contribution in [0.15, 0.2) is 77.8 Å². The van der Waals surface area contributed by atoms with Crippen molar-refractivity contribution in [1.82, 2.24) is 4.98 Å². The maximum Gasteiger partial charge on any atom is 0.263 e. The summed E-state index contributed by atoms with van der Waals surface area (Å²) in [5.74, 6) is 0.739. The van der Waals surface area contributed by atoms with Crippen LogP contribution in [0.5, 0.6) is 5.75 Å². The number of halogens is 1. The van der Waals surface area contributed by atoms with Crippen molar-refractivity contribution in [3.63, 3.8) is 0 Å². The Kier molecular flexibility index (Phi) is 7.26. The molecule has 0 fully saturated rings. The van der Waals surface area contributed by atoms with Crippen molar-refractivity contribution >= 4 is 39.0 Å². The van der Waals surface area contributed by atoms with Gasteiger partial charge in [0.1, 0.15) is 11.6 Å². The van der Waals surface area contributed by atoms with E-state index in [0.29, 0.717) is 29.5 Å². The van der Waals surface area contributed by atoms with Crippen LogP contribution in [0.3, 0.4) is 0 Å². The van der Waals surface area contributed by atoms with Crippen molar-refractivity contribution in [2.75, 3.05) is 16.6 Å². The number of carbonyl (C=O) groups excluding carboxylic acids is 1. The lowest BCUT2D eigenvalue weighted by atomic mass is 10.2. The second-order valence-electron chi connectivity index (χ2n) is 6.30. The van der Waals surface area contributed by atoms with Gasteiger partial charge in [0.05, 0.1) is 11.5 Å². The number of nitrogens with one attached hydrogen (secondary N) is 2. The van der Waals surface area contributed by atoms with E-state index in [1.54, 1.807) is 42.5 Å². The van der Waals surface area contributed by atoms with Gasteiger partial charge in [0, 0.05) is 23.3 Å². The van der Waals surface area contributed by atoms with Crippen molar-refractivity contribution in [3.8, 4) is 5.75 Å². The van der Waals surface area contributed by atoms with Crippen LogP contribution in [-0.2, 0) is 14.8 Å². The molecule has 156 valence electrons. The first-order valence-corrected chi connectivity index (χ1v) is 11.0. The number of anilines is 2. The maximum absolute atomic E-state index is 12.4. The van der Waals surface area contributed by atoms with Crippen molar-refractivity contribution < 1.29 is 17.9 Å². The van der Waals surface area contributed by atoms with Crippen molar-refractivity contribution in [2.45, 2.75) is 17.7 Å². The van der Waals surface area contributed by atoms with Gasteiger partial charge < -0.3 is 10.1 Å². The molecule has 30 heavy (non-hydrogen) atoms. The van der Waals surface area contributed by atoms with E-state index < -0.39 is 10.0 Å². The first kappa shape index (κ1) is 21.6. The van der Waals surface area contributed by atoms with Gasteiger partial charge >= 0.3 is 0 Å². The Morgan fingerprint density at radius 1 is 1.00 bits per heavy atom. The summed E-state index contributed by atoms with van der Waals surface area (Å²) in [6.07, 6.45) is 2.31. The number of hydrogen-bond donors (Lipinski definition) is 2. The molecule has 0 bridgehead atoms. The molecule has 0 aliphatic rings. The molecule has 3 rings (SSSR count). The van der Waals surface area contributed by atoms with Gasteiger partial charge in [-0.05, 0) is 67.1 Å². The van der Waals surface area contributed by atoms with E-state index in [1.165, 1.54) is 30.5 Å². The summed E-state index contributed by atoms with van der Waals surface area (Å²) in [6, 6.07) is 17.9. The van der Waals surface area contributed by atoms with E-state index in [-0.39, 0.29) is 23.0 Å². The Hall–Kier alpha value is -3.10. The van der Waals surface area contributed by atoms with Gasteiger partial charge in [-0.1, -0.05) is 17.7 Å². The predicted octanol–water partition coefficient (Wildman–Crippen LogP) is 4.33. The molecule has 9 heteroatoms. The average Bonchev–Trinajstić information content (AvgIpc) is 2.73. The van der Waals surface area contributed by atoms with E-state index in [4.69, 9.17) is 16.3 Å². The maximum atomic E-state index is 12.4. The van der Waals surface area contributed by atoms with Crippen LogP contribution in [0.25, 0.3) is 0 Å². The van der Waals surface area contributed by atoms with Crippen molar-refractivity contribution in [1.29, 1.82) is 0 Å². The molecular formula is C21H20ClN3O4S. The summed E-state index contributed by atoms with van der Waals surface area (Å²) in [4.78, 5) is 16.1. The minimum absolute atomic E-state index is 0.0718. The summed E-state index contributed by atoms with van der Waals surface area (Å²) in [5, 5.41) is 3.37. The lowest BCUT2D eigenvalue weighted by molar-refractivity contribution is -0.116. The second kappa shape index (κ2) is 10.1. The molecule has 0 aliphatic carbocycles. The molecule has 0 saturated carbocycles. The zero-order valence-electron chi connectivity index (χ0n) is 15.9. The number of pyridine rings is 1. The number of amides is 1. The topological polar surface area (TPSA) is 97.4 Å². The highest BCUT2D eigenvalue weighted by Crippen LogP contribution is 2.18. The van der Waals surface area contributed by atoms with Gasteiger partial charge in [0.15, 0.2) is 0 Å². The molecule has 0 unspecified atom stereocenters. The quantitative estimate of drug-likeness (QED) is 0.477. The highest BCUT2D eigenvalue weighted by molar-refractivity contribution is 7.92. The Labute approximate surface area is 180 Å². The molecule has 2 N–H and O–H groups in total. The van der Waals surface area contributed by atoms with Gasteiger partial charge in [0.25, 0.3) is 10.0 Å². The molecular weight excluding hydrogens is 426 g/mol. The minimum atomic E-state index is -3.76. The van der Waals surface area contributed by atoms with Gasteiger partial charge in [-0.3, -0.25) is 9.52 Å². The number of aromatic nitrogens is 1. The standard InChI is InChI=1S/C21H20ClN3O4S/c22-16-6-10-18(11-7-16)29-15-3-5-21(26)24-17-8-12-19(13-9-17)30(27,28)25-20-4-1-2-14-23-20/h1-2,4,6-14H,3,5,15H2,(H,23,25)(H,24,26). The Bertz CT molecular complexity index is 1070. The first-order valence-electron chi connectivity index (χ1n) is 9.14. The molecule has 1 aromatic heterocycles. The average molecular weight is 446 g/mol. The Morgan fingerprint density at radius 3 is 2.40 bits per heavy atom. The molecule has 0 saturated heterocycles. The molecule has 0 spiro atoms. The van der Waals surface area contributed by atoms with E-state index >= 15 is 0 Å². The highest BCUT2D eigenvalue weighted by atomic mass is 35.5. The van der Waals surface area contributed by atoms with Gasteiger partial charge in [0.2, 0.25) is 5.91 Å². The lowest BCUT2D eigenvalue weighted by Gasteiger charge is -2.09. The zero-order chi connectivity index (χ0) is 21.4. The van der Waals surface area contributed by atoms with Gasteiger partial charge in [-0.2, -0.15) is 0 Å². The van der Waals surface area contributed by atoms with Crippen LogP contribution in [0.1, 0.15) is 12.8 Å². The van der Waals surface area contributed by atoms with Crippen LogP contribution in [0, 0.1) is 0 Å². The van der Waals surface area contributed by atoms with Crippen molar-refractivity contribution in [3.05, 3.63) is 77.9 Å². The summed E-state index contributed by atoms with van der Waals surface area (Å²) >= 11 is 5.81. The number of hydrogen-bond acceptors (Lipinski definition) is 5. The number of ether oxygens (including phenoxy) is 1. The normalized spacial score (nSPS) is 11.0. The zero-order valence-corrected chi connectivity index (χ0v) is 17.5. The molecule has 1 amide bonds. The first-order chi connectivity index (χ1) is 14.4. The highest BCUT2D eigenvalue weighted by Gasteiger charge is 2.14. The fourth-order valence-corrected chi connectivity index (χ4v) is 3.65. The Balaban J connectivity index is 1.46. The summed E-state index contributed by atoms with van der Waals surface area (Å²) < 4.78 is 32.7. The Morgan fingerprint density at radius 2 is 1.73 bits per heavy atom. The van der Waals surface area contributed by atoms with Crippen LogP contribution < -0.4 is 14.8 Å². The van der Waals surface area contributed by atoms with E-state index in [1.807, 2.05) is 0 Å². The number of benzene rings is 2. The van der Waals surface area contributed by atoms with Crippen molar-refractivity contribution in [2.24, 2.45) is 0 Å². The molecule has 2 aromatic carbocycles. The molecule has 0 radical (unpaired) electrons. The third kappa shape index (κ3) is 6.47. The largest absolute Gasteiger partial charge is 0.494 e. The van der Waals surface area contributed by atoms with E-state index in [2.05, 4.69) is 15.0 Å². The smallest absolute Gasteiger partial charge is 0.263 e. The van der Waals surface area contributed by atoms with Gasteiger partial charge in [-0.25, -0.2) is 13.4 Å². The molecule has 7 nitrogen and oxygen atoms in total. The predicted molar refractivity (Wildman–Crippen MR) is 116 cm³/mol. The number of sulfonamides is 1. The minimum Gasteiger partial charge on any atom is -0.494 e. The van der Waals surface area contributed by atoms with Gasteiger partial charge in [-0.15, -0.1) is 0 Å². The van der Waals surface area contributed by atoms with Crippen LogP contribution >= 0.6 is 11.6 Å². The summed E-state index contributed by atoms with van der Waals surface area (Å²) in [5.41, 5.74) is 0.510. The number of rotatable bonds is 9. The summed E-state index contributed by atoms with van der Waals surface area (Å²) in [6.45, 7) is 0.394. The monoisotopic (exact) mass is 445 g/mol. The summed E-state index contributed by atoms with van der Waals surface area (Å²) in [7, 11) is -3.76. The second-order valence-corrected chi connectivity index (χ2v) is 8.42. The third-order valence-corrected chi connectivity index (χ3v) is 5.61. The third-order valence-electron chi connectivity index (χ3n) is 3.98. The fraction of sp³-hybridized carbons (Fsp3) is 0.143. The molecule has 3 aromatic rings. The number of nitrogens with zero attached hydrogens (tertiary/aromatic N) is 1. The van der Waals surface area contributed by atoms with Crippen LogP contribution in [0.2, 0.25) is 5.02 Å². The number of carbonyl (C=O) groups is 1. The van der Waals surface area contributed by atoms with E-state index in [0.717, 1.165) is 0 Å². The lowest BCUT2D eigenvalue weighted by Crippen LogP contribution is -2.15. The molecule has 1 heterocycles. The van der Waals surface area contributed by atoms with E-state index in [9.17, 15) is 13.2 Å². The van der Waals surface area contributed by atoms with Crippen LogP contribution in [-0.4, -0.2) is 25.9 Å². The SMILES string of the molecule is O=C(CCCOc1ccc(Cl)cc1)Nc1ccc(S(=O)(=O)Nc2ccccn2)cc1. The molecule has 0 aliphatic heterocycles. The fourth-order valence-electron chi connectivity index (χ4n) is 2.51.